The lowest BCUT2D eigenvalue weighted by atomic mass is 9.71. The van der Waals surface area contributed by atoms with Crippen molar-refractivity contribution in [1.82, 2.24) is 10.3 Å². The van der Waals surface area contributed by atoms with Crippen molar-refractivity contribution in [2.45, 2.75) is 77.3 Å². The molecule has 3 heteroatoms. The first kappa shape index (κ1) is 13.6. The molecule has 2 aliphatic carbocycles. The van der Waals surface area contributed by atoms with Crippen LogP contribution in [-0.4, -0.2) is 11.0 Å². The van der Waals surface area contributed by atoms with Gasteiger partial charge in [0.2, 0.25) is 0 Å². The zero-order valence-electron chi connectivity index (χ0n) is 12.2. The van der Waals surface area contributed by atoms with Crippen LogP contribution in [-0.2, 0) is 0 Å². The van der Waals surface area contributed by atoms with Gasteiger partial charge in [-0.15, -0.1) is 11.3 Å². The van der Waals surface area contributed by atoms with Gasteiger partial charge in [-0.25, -0.2) is 4.98 Å². The lowest BCUT2D eigenvalue weighted by Crippen LogP contribution is -2.37. The molecule has 0 bridgehead atoms. The molecule has 2 saturated carbocycles. The standard InChI is InChI=1S/C16H26N2S/c1-12-11-17-15(19-12)13(2)18-14-5-9-16(10-6-14)7-3-4-8-16/h11,13-14,18H,3-10H2,1-2H3. The molecule has 1 unspecified atom stereocenters. The molecule has 106 valence electrons. The third kappa shape index (κ3) is 3.03. The maximum atomic E-state index is 4.51. The summed E-state index contributed by atoms with van der Waals surface area (Å²) in [7, 11) is 0. The molecular formula is C16H26N2S. The maximum Gasteiger partial charge on any atom is 0.109 e. The lowest BCUT2D eigenvalue weighted by Gasteiger charge is -2.38. The molecule has 1 aromatic heterocycles. The highest BCUT2D eigenvalue weighted by atomic mass is 32.1. The molecule has 1 aromatic rings. The summed E-state index contributed by atoms with van der Waals surface area (Å²) in [5.74, 6) is 0. The van der Waals surface area contributed by atoms with E-state index >= 15 is 0 Å². The molecule has 0 amide bonds. The van der Waals surface area contributed by atoms with E-state index in [1.807, 2.05) is 17.5 Å². The summed E-state index contributed by atoms with van der Waals surface area (Å²) in [5, 5.41) is 5.05. The van der Waals surface area contributed by atoms with Crippen LogP contribution in [0.2, 0.25) is 0 Å². The summed E-state index contributed by atoms with van der Waals surface area (Å²) >= 11 is 1.83. The fourth-order valence-corrected chi connectivity index (χ4v) is 4.80. The smallest absolute Gasteiger partial charge is 0.109 e. The minimum absolute atomic E-state index is 0.418. The van der Waals surface area contributed by atoms with Crippen LogP contribution in [0.25, 0.3) is 0 Å². The van der Waals surface area contributed by atoms with Crippen molar-refractivity contribution in [1.29, 1.82) is 0 Å². The molecule has 1 spiro atoms. The van der Waals surface area contributed by atoms with Gasteiger partial charge in [0.1, 0.15) is 5.01 Å². The first-order valence-corrected chi connectivity index (χ1v) is 8.67. The van der Waals surface area contributed by atoms with Crippen LogP contribution in [0.3, 0.4) is 0 Å². The lowest BCUT2D eigenvalue weighted by molar-refractivity contribution is 0.164. The number of rotatable bonds is 3. The first-order chi connectivity index (χ1) is 9.17. The quantitative estimate of drug-likeness (QED) is 0.873. The van der Waals surface area contributed by atoms with Crippen molar-refractivity contribution in [3.05, 3.63) is 16.1 Å². The minimum atomic E-state index is 0.418. The Balaban J connectivity index is 1.52. The normalized spacial score (nSPS) is 24.9. The number of hydrogen-bond donors (Lipinski definition) is 1. The topological polar surface area (TPSA) is 24.9 Å². The molecule has 1 N–H and O–H groups in total. The van der Waals surface area contributed by atoms with Crippen LogP contribution >= 0.6 is 11.3 Å². The van der Waals surface area contributed by atoms with E-state index in [1.165, 1.54) is 61.3 Å². The van der Waals surface area contributed by atoms with Gasteiger partial charge in [0.05, 0.1) is 6.04 Å². The maximum absolute atomic E-state index is 4.51. The second-order valence-corrected chi connectivity index (χ2v) is 7.95. The Morgan fingerprint density at radius 1 is 1.26 bits per heavy atom. The third-order valence-corrected chi connectivity index (χ3v) is 6.30. The van der Waals surface area contributed by atoms with E-state index in [1.54, 1.807) is 0 Å². The Hall–Kier alpha value is -0.410. The Morgan fingerprint density at radius 2 is 1.95 bits per heavy atom. The fourth-order valence-electron chi connectivity index (χ4n) is 4.02. The molecule has 1 heterocycles. The SMILES string of the molecule is Cc1cnc(C(C)NC2CCC3(CCCC3)CC2)s1. The summed E-state index contributed by atoms with van der Waals surface area (Å²) in [4.78, 5) is 5.83. The Morgan fingerprint density at radius 3 is 2.53 bits per heavy atom. The van der Waals surface area contributed by atoms with Gasteiger partial charge >= 0.3 is 0 Å². The van der Waals surface area contributed by atoms with Gasteiger partial charge in [-0.05, 0) is 57.8 Å². The molecule has 1 atom stereocenters. The van der Waals surface area contributed by atoms with Crippen LogP contribution in [0.4, 0.5) is 0 Å². The van der Waals surface area contributed by atoms with Crippen molar-refractivity contribution in [2.24, 2.45) is 5.41 Å². The second kappa shape index (κ2) is 5.53. The molecule has 0 radical (unpaired) electrons. The number of nitrogens with one attached hydrogen (secondary N) is 1. The molecule has 2 aliphatic rings. The summed E-state index contributed by atoms with van der Waals surface area (Å²) in [6, 6.07) is 1.13. The number of thiazole rings is 1. The molecule has 2 nitrogen and oxygen atoms in total. The highest BCUT2D eigenvalue weighted by molar-refractivity contribution is 7.11. The summed E-state index contributed by atoms with van der Waals surface area (Å²) in [6.07, 6.45) is 13.6. The highest BCUT2D eigenvalue weighted by Gasteiger charge is 2.37. The van der Waals surface area contributed by atoms with Gasteiger partial charge in [0.15, 0.2) is 0 Å². The van der Waals surface area contributed by atoms with Gasteiger partial charge < -0.3 is 5.32 Å². The zero-order chi connectivity index (χ0) is 13.3. The van der Waals surface area contributed by atoms with E-state index in [0.29, 0.717) is 12.1 Å². The van der Waals surface area contributed by atoms with E-state index in [2.05, 4.69) is 24.1 Å². The van der Waals surface area contributed by atoms with Crippen LogP contribution in [0.1, 0.15) is 74.2 Å². The largest absolute Gasteiger partial charge is 0.305 e. The number of aryl methyl sites for hydroxylation is 1. The first-order valence-electron chi connectivity index (χ1n) is 7.85. The molecule has 3 rings (SSSR count). The van der Waals surface area contributed by atoms with Crippen molar-refractivity contribution in [2.75, 3.05) is 0 Å². The minimum Gasteiger partial charge on any atom is -0.305 e. The number of hydrogen-bond acceptors (Lipinski definition) is 3. The molecule has 0 saturated heterocycles. The fraction of sp³-hybridized carbons (Fsp3) is 0.812. The van der Waals surface area contributed by atoms with E-state index in [0.717, 1.165) is 5.41 Å². The average molecular weight is 278 g/mol. The predicted octanol–water partition coefficient (Wildman–Crippen LogP) is 4.61. The van der Waals surface area contributed by atoms with Crippen molar-refractivity contribution in [3.8, 4) is 0 Å². The van der Waals surface area contributed by atoms with E-state index in [-0.39, 0.29) is 0 Å². The molecular weight excluding hydrogens is 252 g/mol. The number of nitrogens with zero attached hydrogens (tertiary/aromatic N) is 1. The molecule has 2 fully saturated rings. The average Bonchev–Trinajstić information content (AvgIpc) is 3.02. The van der Waals surface area contributed by atoms with Gasteiger partial charge in [0, 0.05) is 17.1 Å². The van der Waals surface area contributed by atoms with E-state index in [4.69, 9.17) is 0 Å². The molecule has 19 heavy (non-hydrogen) atoms. The Bertz CT molecular complexity index is 410. The van der Waals surface area contributed by atoms with Crippen LogP contribution in [0.5, 0.6) is 0 Å². The van der Waals surface area contributed by atoms with Crippen molar-refractivity contribution < 1.29 is 0 Å². The van der Waals surface area contributed by atoms with Crippen LogP contribution in [0.15, 0.2) is 6.20 Å². The Kier molecular flexibility index (Phi) is 3.95. The van der Waals surface area contributed by atoms with Gasteiger partial charge in [-0.2, -0.15) is 0 Å². The van der Waals surface area contributed by atoms with Gasteiger partial charge in [0.25, 0.3) is 0 Å². The van der Waals surface area contributed by atoms with Gasteiger partial charge in [-0.1, -0.05) is 12.8 Å². The van der Waals surface area contributed by atoms with E-state index < -0.39 is 0 Å². The summed E-state index contributed by atoms with van der Waals surface area (Å²) in [5.41, 5.74) is 0.749. The predicted molar refractivity (Wildman–Crippen MR) is 81.6 cm³/mol. The zero-order valence-corrected chi connectivity index (χ0v) is 13.1. The van der Waals surface area contributed by atoms with Crippen molar-refractivity contribution >= 4 is 11.3 Å². The highest BCUT2D eigenvalue weighted by Crippen LogP contribution is 2.49. The van der Waals surface area contributed by atoms with Crippen LogP contribution < -0.4 is 5.32 Å². The second-order valence-electron chi connectivity index (χ2n) is 6.68. The summed E-state index contributed by atoms with van der Waals surface area (Å²) < 4.78 is 0. The van der Waals surface area contributed by atoms with Gasteiger partial charge in [-0.3, -0.25) is 0 Å². The van der Waals surface area contributed by atoms with Crippen LogP contribution in [0, 0.1) is 12.3 Å². The summed E-state index contributed by atoms with van der Waals surface area (Å²) in [6.45, 7) is 4.40. The Labute approximate surface area is 121 Å². The molecule has 0 aromatic carbocycles. The van der Waals surface area contributed by atoms with Crippen molar-refractivity contribution in [3.63, 3.8) is 0 Å². The molecule has 0 aliphatic heterocycles. The number of aromatic nitrogens is 1. The third-order valence-electron chi connectivity index (χ3n) is 5.21. The van der Waals surface area contributed by atoms with E-state index in [9.17, 15) is 0 Å². The monoisotopic (exact) mass is 278 g/mol.